The molecule has 1 saturated heterocycles. The second-order valence-electron chi connectivity index (χ2n) is 6.20. The first-order chi connectivity index (χ1) is 12.6. The molecule has 1 aliphatic rings. The molecular formula is C19H24N4O3. The zero-order valence-electron chi connectivity index (χ0n) is 15.2. The highest BCUT2D eigenvalue weighted by Crippen LogP contribution is 2.21. The van der Waals surface area contributed by atoms with E-state index in [0.717, 1.165) is 30.0 Å². The molecule has 2 aromatic rings. The maximum Gasteiger partial charge on any atom is 0.250 e. The van der Waals surface area contributed by atoms with Gasteiger partial charge < -0.3 is 19.7 Å². The number of carbonyl (C=O) groups is 1. The van der Waals surface area contributed by atoms with Crippen LogP contribution in [0.4, 0.5) is 11.6 Å². The standard InChI is InChI=1S/C19H24N4O3/c1-14-18(15(2)21-19(20-14)23-8-10-25-11-9-23)22-17(24)13-26-12-16-6-4-3-5-7-16/h3-7H,8-13H2,1-2H3,(H,22,24). The van der Waals surface area contributed by atoms with Gasteiger partial charge in [-0.1, -0.05) is 30.3 Å². The number of carbonyl (C=O) groups excluding carboxylic acids is 1. The predicted molar refractivity (Wildman–Crippen MR) is 99.3 cm³/mol. The van der Waals surface area contributed by atoms with E-state index in [1.165, 1.54) is 0 Å². The lowest BCUT2D eigenvalue weighted by Gasteiger charge is -2.27. The third-order valence-electron chi connectivity index (χ3n) is 4.16. The van der Waals surface area contributed by atoms with E-state index < -0.39 is 0 Å². The van der Waals surface area contributed by atoms with Gasteiger partial charge in [0.1, 0.15) is 6.61 Å². The van der Waals surface area contributed by atoms with E-state index in [1.54, 1.807) is 0 Å². The molecule has 0 aliphatic carbocycles. The second kappa shape index (κ2) is 8.73. The number of hydrogen-bond donors (Lipinski definition) is 1. The van der Waals surface area contributed by atoms with Crippen molar-refractivity contribution >= 4 is 17.5 Å². The van der Waals surface area contributed by atoms with Crippen molar-refractivity contribution in [1.29, 1.82) is 0 Å². The number of nitrogens with zero attached hydrogens (tertiary/aromatic N) is 3. The molecule has 138 valence electrons. The zero-order valence-corrected chi connectivity index (χ0v) is 15.2. The Morgan fingerprint density at radius 1 is 1.15 bits per heavy atom. The van der Waals surface area contributed by atoms with Crippen molar-refractivity contribution in [2.45, 2.75) is 20.5 Å². The Balaban J connectivity index is 1.57. The van der Waals surface area contributed by atoms with Crippen LogP contribution in [0.2, 0.25) is 0 Å². The number of anilines is 2. The molecule has 1 aliphatic heterocycles. The average Bonchev–Trinajstić information content (AvgIpc) is 2.66. The third-order valence-corrected chi connectivity index (χ3v) is 4.16. The molecule has 0 atom stereocenters. The summed E-state index contributed by atoms with van der Waals surface area (Å²) in [5.41, 5.74) is 3.17. The fourth-order valence-electron chi connectivity index (χ4n) is 2.80. The third kappa shape index (κ3) is 4.77. The monoisotopic (exact) mass is 356 g/mol. The zero-order chi connectivity index (χ0) is 18.4. The number of aromatic nitrogens is 2. The molecule has 1 aromatic carbocycles. The van der Waals surface area contributed by atoms with E-state index in [2.05, 4.69) is 20.2 Å². The van der Waals surface area contributed by atoms with Gasteiger partial charge in [0.2, 0.25) is 11.9 Å². The Hall–Kier alpha value is -2.51. The van der Waals surface area contributed by atoms with Crippen LogP contribution in [0.5, 0.6) is 0 Å². The number of rotatable bonds is 6. The highest BCUT2D eigenvalue weighted by atomic mass is 16.5. The summed E-state index contributed by atoms with van der Waals surface area (Å²) in [5, 5.41) is 2.86. The number of benzene rings is 1. The SMILES string of the molecule is Cc1nc(N2CCOCC2)nc(C)c1NC(=O)COCc1ccccc1. The van der Waals surface area contributed by atoms with Crippen LogP contribution in [-0.2, 0) is 20.9 Å². The van der Waals surface area contributed by atoms with Gasteiger partial charge in [0.05, 0.1) is 36.9 Å². The van der Waals surface area contributed by atoms with Gasteiger partial charge in [0.15, 0.2) is 0 Å². The molecule has 3 rings (SSSR count). The van der Waals surface area contributed by atoms with Crippen LogP contribution in [0.3, 0.4) is 0 Å². The molecule has 2 heterocycles. The van der Waals surface area contributed by atoms with Crippen molar-refractivity contribution in [3.8, 4) is 0 Å². The lowest BCUT2D eigenvalue weighted by molar-refractivity contribution is -0.121. The van der Waals surface area contributed by atoms with Gasteiger partial charge >= 0.3 is 0 Å². The van der Waals surface area contributed by atoms with E-state index in [-0.39, 0.29) is 12.5 Å². The van der Waals surface area contributed by atoms with E-state index in [0.29, 0.717) is 31.5 Å². The molecule has 1 amide bonds. The number of morpholine rings is 1. The van der Waals surface area contributed by atoms with Crippen molar-refractivity contribution in [3.05, 3.63) is 47.3 Å². The van der Waals surface area contributed by atoms with Gasteiger partial charge in [0, 0.05) is 13.1 Å². The maximum atomic E-state index is 12.2. The molecule has 1 N–H and O–H groups in total. The Labute approximate surface area is 153 Å². The molecule has 0 unspecified atom stereocenters. The Morgan fingerprint density at radius 2 is 1.81 bits per heavy atom. The van der Waals surface area contributed by atoms with E-state index in [1.807, 2.05) is 44.2 Å². The molecule has 0 spiro atoms. The van der Waals surface area contributed by atoms with Crippen LogP contribution in [0.15, 0.2) is 30.3 Å². The van der Waals surface area contributed by atoms with Gasteiger partial charge in [0.25, 0.3) is 0 Å². The van der Waals surface area contributed by atoms with Crippen LogP contribution in [-0.4, -0.2) is 48.8 Å². The predicted octanol–water partition coefficient (Wildman–Crippen LogP) is 2.09. The minimum absolute atomic E-state index is 0.0149. The topological polar surface area (TPSA) is 76.6 Å². The fraction of sp³-hybridized carbons (Fsp3) is 0.421. The van der Waals surface area contributed by atoms with Crippen LogP contribution in [0.25, 0.3) is 0 Å². The normalized spacial score (nSPS) is 14.3. The Morgan fingerprint density at radius 3 is 2.46 bits per heavy atom. The summed E-state index contributed by atoms with van der Waals surface area (Å²) in [5.74, 6) is 0.469. The van der Waals surface area contributed by atoms with Crippen LogP contribution in [0.1, 0.15) is 17.0 Å². The number of nitrogens with one attached hydrogen (secondary N) is 1. The van der Waals surface area contributed by atoms with Crippen LogP contribution >= 0.6 is 0 Å². The lowest BCUT2D eigenvalue weighted by atomic mass is 10.2. The van der Waals surface area contributed by atoms with E-state index in [4.69, 9.17) is 9.47 Å². The highest BCUT2D eigenvalue weighted by Gasteiger charge is 2.17. The summed E-state index contributed by atoms with van der Waals surface area (Å²) in [7, 11) is 0. The summed E-state index contributed by atoms with van der Waals surface area (Å²) < 4.78 is 10.8. The summed E-state index contributed by atoms with van der Waals surface area (Å²) in [6.07, 6.45) is 0. The van der Waals surface area contributed by atoms with Gasteiger partial charge in [-0.05, 0) is 19.4 Å². The quantitative estimate of drug-likeness (QED) is 0.854. The molecule has 7 nitrogen and oxygen atoms in total. The van der Waals surface area contributed by atoms with Crippen molar-refractivity contribution in [2.75, 3.05) is 43.1 Å². The largest absolute Gasteiger partial charge is 0.378 e. The number of ether oxygens (including phenoxy) is 2. The average molecular weight is 356 g/mol. The smallest absolute Gasteiger partial charge is 0.250 e. The van der Waals surface area contributed by atoms with Crippen molar-refractivity contribution < 1.29 is 14.3 Å². The summed E-state index contributed by atoms with van der Waals surface area (Å²) in [6.45, 7) is 7.04. The number of hydrogen-bond acceptors (Lipinski definition) is 6. The molecule has 1 fully saturated rings. The van der Waals surface area contributed by atoms with Gasteiger partial charge in [-0.2, -0.15) is 0 Å². The molecule has 0 bridgehead atoms. The van der Waals surface area contributed by atoms with E-state index >= 15 is 0 Å². The Bertz CT molecular complexity index is 723. The number of aryl methyl sites for hydroxylation is 2. The highest BCUT2D eigenvalue weighted by molar-refractivity contribution is 5.92. The van der Waals surface area contributed by atoms with E-state index in [9.17, 15) is 4.79 Å². The molecule has 0 saturated carbocycles. The number of amides is 1. The van der Waals surface area contributed by atoms with Crippen molar-refractivity contribution in [3.63, 3.8) is 0 Å². The molecule has 7 heteroatoms. The van der Waals surface area contributed by atoms with Crippen LogP contribution < -0.4 is 10.2 Å². The summed E-state index contributed by atoms with van der Waals surface area (Å²) in [4.78, 5) is 23.4. The summed E-state index contributed by atoms with van der Waals surface area (Å²) in [6, 6.07) is 9.76. The van der Waals surface area contributed by atoms with Gasteiger partial charge in [-0.15, -0.1) is 0 Å². The first kappa shape index (κ1) is 18.3. The van der Waals surface area contributed by atoms with Gasteiger partial charge in [-0.25, -0.2) is 9.97 Å². The fourth-order valence-corrected chi connectivity index (χ4v) is 2.80. The minimum atomic E-state index is -0.213. The second-order valence-corrected chi connectivity index (χ2v) is 6.20. The summed E-state index contributed by atoms with van der Waals surface area (Å²) >= 11 is 0. The van der Waals surface area contributed by atoms with Crippen molar-refractivity contribution in [2.24, 2.45) is 0 Å². The molecule has 0 radical (unpaired) electrons. The van der Waals surface area contributed by atoms with Crippen LogP contribution in [0, 0.1) is 13.8 Å². The van der Waals surface area contributed by atoms with Crippen molar-refractivity contribution in [1.82, 2.24) is 9.97 Å². The van der Waals surface area contributed by atoms with Gasteiger partial charge in [-0.3, -0.25) is 4.79 Å². The maximum absolute atomic E-state index is 12.2. The molecule has 26 heavy (non-hydrogen) atoms. The minimum Gasteiger partial charge on any atom is -0.378 e. The first-order valence-electron chi connectivity index (χ1n) is 8.73. The Kier molecular flexibility index (Phi) is 6.14. The first-order valence-corrected chi connectivity index (χ1v) is 8.73. The molecule has 1 aromatic heterocycles. The molecular weight excluding hydrogens is 332 g/mol. The lowest BCUT2D eigenvalue weighted by Crippen LogP contribution is -2.37.